The smallest absolute Gasteiger partial charge is 0.0184 e. The fourth-order valence-electron chi connectivity index (χ4n) is 1.96. The maximum absolute atomic E-state index is 3.77. The van der Waals surface area contributed by atoms with Crippen LogP contribution in [0.5, 0.6) is 0 Å². The molecule has 0 radical (unpaired) electrons. The van der Waals surface area contributed by atoms with Crippen molar-refractivity contribution in [3.8, 4) is 11.1 Å². The van der Waals surface area contributed by atoms with Gasteiger partial charge in [-0.3, -0.25) is 0 Å². The zero-order chi connectivity index (χ0) is 12.1. The number of aryl methyl sites for hydroxylation is 1. The lowest BCUT2D eigenvalue weighted by atomic mass is 10.0. The summed E-state index contributed by atoms with van der Waals surface area (Å²) >= 11 is 0. The summed E-state index contributed by atoms with van der Waals surface area (Å²) in [6.45, 7) is 5.98. The molecule has 0 spiro atoms. The Hall–Kier alpha value is -1.82. The molecule has 0 heteroatoms. The number of hydrogen-bond donors (Lipinski definition) is 0. The van der Waals surface area contributed by atoms with Crippen LogP contribution in [-0.2, 0) is 6.42 Å². The van der Waals surface area contributed by atoms with Crippen LogP contribution in [0.4, 0.5) is 0 Å². The van der Waals surface area contributed by atoms with Gasteiger partial charge in [-0.25, -0.2) is 0 Å². The highest BCUT2D eigenvalue weighted by Crippen LogP contribution is 2.21. The predicted octanol–water partition coefficient (Wildman–Crippen LogP) is 4.95. The number of rotatable bonds is 4. The Labute approximate surface area is 104 Å². The summed E-state index contributed by atoms with van der Waals surface area (Å²) in [6, 6.07) is 17.3. The lowest BCUT2D eigenvalue weighted by Gasteiger charge is -2.04. The van der Waals surface area contributed by atoms with E-state index >= 15 is 0 Å². The lowest BCUT2D eigenvalue weighted by molar-refractivity contribution is 0.922. The fraction of sp³-hybridized carbons (Fsp3) is 0.176. The third-order valence-corrected chi connectivity index (χ3v) is 2.97. The van der Waals surface area contributed by atoms with Crippen molar-refractivity contribution in [3.05, 3.63) is 66.2 Å². The van der Waals surface area contributed by atoms with Gasteiger partial charge in [-0.05, 0) is 28.7 Å². The molecule has 0 saturated carbocycles. The predicted molar refractivity (Wildman–Crippen MR) is 76.0 cm³/mol. The minimum absolute atomic E-state index is 1.16. The molecule has 2 rings (SSSR count). The van der Waals surface area contributed by atoms with Crippen LogP contribution >= 0.6 is 0 Å². The Morgan fingerprint density at radius 2 is 1.41 bits per heavy atom. The monoisotopic (exact) mass is 222 g/mol. The molecule has 0 aliphatic rings. The van der Waals surface area contributed by atoms with Crippen molar-refractivity contribution in [2.24, 2.45) is 0 Å². The molecule has 0 fully saturated rings. The fourth-order valence-corrected chi connectivity index (χ4v) is 1.96. The van der Waals surface area contributed by atoms with Gasteiger partial charge < -0.3 is 0 Å². The average molecular weight is 222 g/mol. The number of benzene rings is 2. The summed E-state index contributed by atoms with van der Waals surface area (Å²) in [7, 11) is 0. The zero-order valence-electron chi connectivity index (χ0n) is 10.3. The van der Waals surface area contributed by atoms with Gasteiger partial charge in [-0.2, -0.15) is 0 Å². The molecule has 0 aliphatic heterocycles. The summed E-state index contributed by atoms with van der Waals surface area (Å²) in [4.78, 5) is 0. The van der Waals surface area contributed by atoms with Gasteiger partial charge in [-0.15, -0.1) is 0 Å². The van der Waals surface area contributed by atoms with Gasteiger partial charge in [0.25, 0.3) is 0 Å². The van der Waals surface area contributed by atoms with Crippen molar-refractivity contribution in [3.63, 3.8) is 0 Å². The van der Waals surface area contributed by atoms with Crippen molar-refractivity contribution in [1.82, 2.24) is 0 Å². The summed E-state index contributed by atoms with van der Waals surface area (Å²) < 4.78 is 0. The highest BCUT2D eigenvalue weighted by atomic mass is 14.0. The second kappa shape index (κ2) is 5.49. The third kappa shape index (κ3) is 2.85. The largest absolute Gasteiger partial charge is 0.0985 e. The Morgan fingerprint density at radius 3 is 1.88 bits per heavy atom. The zero-order valence-corrected chi connectivity index (χ0v) is 10.3. The van der Waals surface area contributed by atoms with Crippen LogP contribution in [0.2, 0.25) is 0 Å². The highest BCUT2D eigenvalue weighted by molar-refractivity contribution is 5.65. The molecule has 0 amide bonds. The van der Waals surface area contributed by atoms with Crippen molar-refractivity contribution in [2.75, 3.05) is 0 Å². The molecule has 0 N–H and O–H groups in total. The second-order valence-corrected chi connectivity index (χ2v) is 4.27. The van der Waals surface area contributed by atoms with E-state index in [4.69, 9.17) is 0 Å². The van der Waals surface area contributed by atoms with E-state index < -0.39 is 0 Å². The van der Waals surface area contributed by atoms with Crippen LogP contribution in [-0.4, -0.2) is 0 Å². The molecule has 0 aromatic heterocycles. The SMILES string of the molecule is C=Cc1ccc(-c2ccc(CCC)cc2)cc1. The molecule has 0 aliphatic carbocycles. The van der Waals surface area contributed by atoms with Crippen LogP contribution in [0.15, 0.2) is 55.1 Å². The van der Waals surface area contributed by atoms with E-state index in [9.17, 15) is 0 Å². The molecule has 86 valence electrons. The Kier molecular flexibility index (Phi) is 3.77. The van der Waals surface area contributed by atoms with Crippen molar-refractivity contribution in [2.45, 2.75) is 19.8 Å². The quantitative estimate of drug-likeness (QED) is 0.686. The molecule has 0 bridgehead atoms. The lowest BCUT2D eigenvalue weighted by Crippen LogP contribution is -1.83. The van der Waals surface area contributed by atoms with E-state index in [0.717, 1.165) is 12.0 Å². The molecular formula is C17H18. The Bertz CT molecular complexity index is 474. The third-order valence-electron chi connectivity index (χ3n) is 2.97. The van der Waals surface area contributed by atoms with Gasteiger partial charge in [0.1, 0.15) is 0 Å². The average Bonchev–Trinajstić information content (AvgIpc) is 2.40. The van der Waals surface area contributed by atoms with Gasteiger partial charge in [0.15, 0.2) is 0 Å². The van der Waals surface area contributed by atoms with E-state index in [2.05, 4.69) is 62.0 Å². The molecule has 17 heavy (non-hydrogen) atoms. The van der Waals surface area contributed by atoms with E-state index in [1.54, 1.807) is 0 Å². The summed E-state index contributed by atoms with van der Waals surface area (Å²) in [6.07, 6.45) is 4.23. The minimum Gasteiger partial charge on any atom is -0.0985 e. The van der Waals surface area contributed by atoms with Crippen molar-refractivity contribution >= 4 is 6.08 Å². The van der Waals surface area contributed by atoms with Crippen molar-refractivity contribution < 1.29 is 0 Å². The maximum atomic E-state index is 3.77. The molecule has 0 atom stereocenters. The van der Waals surface area contributed by atoms with Gasteiger partial charge in [-0.1, -0.05) is 74.5 Å². The molecule has 0 unspecified atom stereocenters. The molecular weight excluding hydrogens is 204 g/mol. The summed E-state index contributed by atoms with van der Waals surface area (Å²) in [5, 5.41) is 0. The first-order valence-corrected chi connectivity index (χ1v) is 6.15. The van der Waals surface area contributed by atoms with Crippen LogP contribution in [0.3, 0.4) is 0 Å². The van der Waals surface area contributed by atoms with E-state index in [1.165, 1.54) is 23.1 Å². The minimum atomic E-state index is 1.16. The van der Waals surface area contributed by atoms with Gasteiger partial charge in [0, 0.05) is 0 Å². The first-order valence-electron chi connectivity index (χ1n) is 6.15. The molecule has 0 nitrogen and oxygen atoms in total. The van der Waals surface area contributed by atoms with Gasteiger partial charge in [0.2, 0.25) is 0 Å². The highest BCUT2D eigenvalue weighted by Gasteiger charge is 1.97. The maximum Gasteiger partial charge on any atom is -0.0184 e. The summed E-state index contributed by atoms with van der Waals surface area (Å²) in [5.41, 5.74) is 5.12. The second-order valence-electron chi connectivity index (χ2n) is 4.27. The molecule has 0 saturated heterocycles. The van der Waals surface area contributed by atoms with Gasteiger partial charge in [0.05, 0.1) is 0 Å². The molecule has 2 aromatic carbocycles. The first kappa shape index (κ1) is 11.7. The number of hydrogen-bond acceptors (Lipinski definition) is 0. The van der Waals surface area contributed by atoms with E-state index in [-0.39, 0.29) is 0 Å². The molecule has 0 heterocycles. The van der Waals surface area contributed by atoms with Crippen LogP contribution in [0, 0.1) is 0 Å². The topological polar surface area (TPSA) is 0 Å². The Morgan fingerprint density at radius 1 is 0.882 bits per heavy atom. The first-order chi connectivity index (χ1) is 8.33. The van der Waals surface area contributed by atoms with E-state index in [1.807, 2.05) is 6.08 Å². The van der Waals surface area contributed by atoms with Crippen LogP contribution < -0.4 is 0 Å². The Balaban J connectivity index is 2.23. The van der Waals surface area contributed by atoms with Crippen molar-refractivity contribution in [1.29, 1.82) is 0 Å². The standard InChI is InChI=1S/C17H18/c1-3-5-15-8-12-17(13-9-15)16-10-6-14(4-2)7-11-16/h4,6-13H,2-3,5H2,1H3. The normalized spacial score (nSPS) is 10.2. The van der Waals surface area contributed by atoms with Crippen LogP contribution in [0.25, 0.3) is 17.2 Å². The summed E-state index contributed by atoms with van der Waals surface area (Å²) in [5.74, 6) is 0. The molecule has 2 aromatic rings. The van der Waals surface area contributed by atoms with Gasteiger partial charge >= 0.3 is 0 Å². The van der Waals surface area contributed by atoms with E-state index in [0.29, 0.717) is 0 Å². The van der Waals surface area contributed by atoms with Crippen LogP contribution in [0.1, 0.15) is 24.5 Å².